The summed E-state index contributed by atoms with van der Waals surface area (Å²) in [7, 11) is -3.36. The number of hydrogen-bond donors (Lipinski definition) is 1. The molecule has 1 unspecified atom stereocenters. The van der Waals surface area contributed by atoms with Gasteiger partial charge in [0, 0.05) is 5.57 Å². The van der Waals surface area contributed by atoms with E-state index in [4.69, 9.17) is 0 Å². The van der Waals surface area contributed by atoms with Gasteiger partial charge in [0.15, 0.2) is 15.7 Å². The average molecular weight is 480 g/mol. The first kappa shape index (κ1) is 22.8. The molecule has 1 heterocycles. The molecule has 1 amide bonds. The predicted molar refractivity (Wildman–Crippen MR) is 120 cm³/mol. The lowest BCUT2D eigenvalue weighted by Crippen LogP contribution is -2.16. The van der Waals surface area contributed by atoms with Crippen molar-refractivity contribution < 1.29 is 22.0 Å². The fourth-order valence-electron chi connectivity index (χ4n) is 3.71. The van der Waals surface area contributed by atoms with Gasteiger partial charge in [-0.05, 0) is 55.6 Å². The molecule has 0 bridgehead atoms. The summed E-state index contributed by atoms with van der Waals surface area (Å²) >= 11 is 1.41. The van der Waals surface area contributed by atoms with Gasteiger partial charge in [0.1, 0.15) is 17.4 Å². The number of alkyl halides is 2. The number of sulfone groups is 1. The third kappa shape index (κ3) is 5.01. The summed E-state index contributed by atoms with van der Waals surface area (Å²) in [5.41, 5.74) is 0.672. The van der Waals surface area contributed by atoms with Crippen molar-refractivity contribution in [2.45, 2.75) is 53.2 Å². The molecule has 10 heteroatoms. The molecular formula is C22H23F2N3O3S2. The highest BCUT2D eigenvalue weighted by atomic mass is 32.2. The Morgan fingerprint density at radius 1 is 1.09 bits per heavy atom. The Balaban J connectivity index is 1.62. The van der Waals surface area contributed by atoms with Gasteiger partial charge in [0.25, 0.3) is 5.91 Å². The van der Waals surface area contributed by atoms with Crippen molar-refractivity contribution in [3.05, 3.63) is 48.3 Å². The normalized spacial score (nSPS) is 23.8. The van der Waals surface area contributed by atoms with Crippen LogP contribution in [0.25, 0.3) is 5.57 Å². The number of allylic oxidation sites excluding steroid dienone is 1. The highest BCUT2D eigenvalue weighted by Gasteiger charge is 2.37. The number of amides is 1. The van der Waals surface area contributed by atoms with Crippen molar-refractivity contribution in [1.82, 2.24) is 9.97 Å². The molecule has 2 saturated carbocycles. The van der Waals surface area contributed by atoms with Crippen LogP contribution in [0.4, 0.5) is 14.6 Å². The zero-order valence-corrected chi connectivity index (χ0v) is 19.0. The number of aromatic nitrogens is 2. The fourth-order valence-corrected chi connectivity index (χ4v) is 5.68. The van der Waals surface area contributed by atoms with Crippen LogP contribution < -0.4 is 5.32 Å². The number of halogens is 2. The summed E-state index contributed by atoms with van der Waals surface area (Å²) in [6, 6.07) is 6.06. The lowest BCUT2D eigenvalue weighted by atomic mass is 9.98. The number of thioether (sulfide) groups is 1. The topological polar surface area (TPSA) is 89.0 Å². The Morgan fingerprint density at radius 3 is 2.28 bits per heavy atom. The van der Waals surface area contributed by atoms with Crippen LogP contribution in [-0.2, 0) is 14.6 Å². The van der Waals surface area contributed by atoms with E-state index in [1.54, 1.807) is 18.2 Å². The van der Waals surface area contributed by atoms with E-state index < -0.39 is 34.0 Å². The van der Waals surface area contributed by atoms with Crippen molar-refractivity contribution in [1.29, 1.82) is 0 Å². The molecule has 4 rings (SSSR count). The largest absolute Gasteiger partial charge is 0.305 e. The molecular weight excluding hydrogens is 456 g/mol. The molecule has 0 radical (unpaired) electrons. The third-order valence-electron chi connectivity index (χ3n) is 5.63. The highest BCUT2D eigenvalue weighted by molar-refractivity contribution is 7.98. The summed E-state index contributed by atoms with van der Waals surface area (Å²) in [6.07, 6.45) is 4.56. The summed E-state index contributed by atoms with van der Waals surface area (Å²) in [5.74, 6) is -0.711. The number of carbonyl (C=O) groups excluding carboxylic acids is 1. The summed E-state index contributed by atoms with van der Waals surface area (Å²) in [6.45, 7) is 0. The molecule has 1 N–H and O–H groups in total. The SMILES string of the molecule is CSc1cnc(NC(=O)/C(=C/C2C[C@@H](F)[C@@H](F)C2)c2ccc(S(=O)(=O)C3CC3)cc2)cn1. The maximum absolute atomic E-state index is 13.7. The maximum Gasteiger partial charge on any atom is 0.257 e. The van der Waals surface area contributed by atoms with Gasteiger partial charge < -0.3 is 5.32 Å². The minimum atomic E-state index is -3.36. The second-order valence-corrected chi connectivity index (χ2v) is 11.1. The number of rotatable bonds is 7. The molecule has 2 fully saturated rings. The van der Waals surface area contributed by atoms with Crippen LogP contribution in [0.1, 0.15) is 31.2 Å². The molecule has 32 heavy (non-hydrogen) atoms. The molecule has 1 aromatic carbocycles. The zero-order valence-electron chi connectivity index (χ0n) is 17.4. The van der Waals surface area contributed by atoms with Gasteiger partial charge in [-0.25, -0.2) is 27.2 Å². The number of nitrogens with zero attached hydrogens (tertiary/aromatic N) is 2. The van der Waals surface area contributed by atoms with Crippen molar-refractivity contribution in [3.63, 3.8) is 0 Å². The Morgan fingerprint density at radius 2 is 1.75 bits per heavy atom. The lowest BCUT2D eigenvalue weighted by molar-refractivity contribution is -0.111. The number of benzene rings is 1. The minimum absolute atomic E-state index is 0.00564. The Bertz CT molecular complexity index is 1110. The van der Waals surface area contributed by atoms with E-state index in [-0.39, 0.29) is 34.4 Å². The Hall–Kier alpha value is -2.33. The maximum atomic E-state index is 13.7. The molecule has 6 nitrogen and oxygen atoms in total. The van der Waals surface area contributed by atoms with Crippen molar-refractivity contribution in [3.8, 4) is 0 Å². The van der Waals surface area contributed by atoms with Gasteiger partial charge in [-0.1, -0.05) is 18.2 Å². The quantitative estimate of drug-likeness (QED) is 0.472. The zero-order chi connectivity index (χ0) is 22.9. The van der Waals surface area contributed by atoms with Crippen LogP contribution in [-0.4, -0.2) is 48.1 Å². The van der Waals surface area contributed by atoms with E-state index in [1.165, 1.54) is 36.3 Å². The number of anilines is 1. The van der Waals surface area contributed by atoms with Gasteiger partial charge in [-0.3, -0.25) is 4.79 Å². The molecule has 2 aliphatic rings. The molecule has 2 aliphatic carbocycles. The Labute approximate surface area is 189 Å². The van der Waals surface area contributed by atoms with Crippen molar-refractivity contribution in [2.24, 2.45) is 5.92 Å². The van der Waals surface area contributed by atoms with E-state index in [1.807, 2.05) is 6.26 Å². The summed E-state index contributed by atoms with van der Waals surface area (Å²) in [4.78, 5) is 21.6. The Kier molecular flexibility index (Phi) is 6.62. The van der Waals surface area contributed by atoms with Crippen LogP contribution in [0.2, 0.25) is 0 Å². The van der Waals surface area contributed by atoms with Gasteiger partial charge in [0.2, 0.25) is 0 Å². The predicted octanol–water partition coefficient (Wildman–Crippen LogP) is 4.24. The molecule has 0 aliphatic heterocycles. The lowest BCUT2D eigenvalue weighted by Gasteiger charge is -2.12. The number of nitrogens with one attached hydrogen (secondary N) is 1. The van der Waals surface area contributed by atoms with E-state index >= 15 is 0 Å². The molecule has 170 valence electrons. The molecule has 0 saturated heterocycles. The van der Waals surface area contributed by atoms with Crippen LogP contribution in [0.15, 0.2) is 52.7 Å². The smallest absolute Gasteiger partial charge is 0.257 e. The second kappa shape index (κ2) is 9.27. The number of carbonyl (C=O) groups is 1. The van der Waals surface area contributed by atoms with E-state index in [0.717, 1.165) is 0 Å². The monoisotopic (exact) mass is 479 g/mol. The van der Waals surface area contributed by atoms with E-state index in [0.29, 0.717) is 23.4 Å². The molecule has 1 aromatic heterocycles. The van der Waals surface area contributed by atoms with Crippen LogP contribution in [0.3, 0.4) is 0 Å². The second-order valence-electron chi connectivity index (χ2n) is 8.01. The van der Waals surface area contributed by atoms with Crippen molar-refractivity contribution in [2.75, 3.05) is 11.6 Å². The van der Waals surface area contributed by atoms with E-state index in [9.17, 15) is 22.0 Å². The van der Waals surface area contributed by atoms with Gasteiger partial charge in [-0.2, -0.15) is 0 Å². The summed E-state index contributed by atoms with van der Waals surface area (Å²) < 4.78 is 52.3. The van der Waals surface area contributed by atoms with Gasteiger partial charge in [-0.15, -0.1) is 11.8 Å². The minimum Gasteiger partial charge on any atom is -0.305 e. The van der Waals surface area contributed by atoms with E-state index in [2.05, 4.69) is 15.3 Å². The number of hydrogen-bond acceptors (Lipinski definition) is 6. The molecule has 0 spiro atoms. The first-order valence-corrected chi connectivity index (χ1v) is 13.1. The van der Waals surface area contributed by atoms with Crippen LogP contribution in [0, 0.1) is 5.92 Å². The molecule has 2 aromatic rings. The first-order chi connectivity index (χ1) is 15.3. The molecule has 3 atom stereocenters. The van der Waals surface area contributed by atoms with Crippen LogP contribution >= 0.6 is 11.8 Å². The van der Waals surface area contributed by atoms with Gasteiger partial charge in [0.05, 0.1) is 22.5 Å². The first-order valence-electron chi connectivity index (χ1n) is 10.3. The standard InChI is InChI=1S/C22H23F2N3O3S2/c1-31-21-12-25-20(11-26-21)27-22(28)17(8-13-9-18(23)19(24)10-13)14-2-4-15(5-3-14)32(29,30)16-6-7-16/h2-5,8,11-13,16,18-19H,6-7,9-10H2,1H3,(H,25,27,28)/b17-8+/t13?,18-,19+. The van der Waals surface area contributed by atoms with Crippen LogP contribution in [0.5, 0.6) is 0 Å². The highest BCUT2D eigenvalue weighted by Crippen LogP contribution is 2.36. The average Bonchev–Trinajstić information content (AvgIpc) is 3.59. The van der Waals surface area contributed by atoms with Gasteiger partial charge >= 0.3 is 0 Å². The van der Waals surface area contributed by atoms with Crippen molar-refractivity contribution >= 4 is 38.9 Å². The fraction of sp³-hybridized carbons (Fsp3) is 0.409. The third-order valence-corrected chi connectivity index (χ3v) is 8.54. The summed E-state index contributed by atoms with van der Waals surface area (Å²) in [5, 5.41) is 3.02.